The van der Waals surface area contributed by atoms with Crippen molar-refractivity contribution in [3.05, 3.63) is 34.9 Å². The molecule has 1 fully saturated rings. The van der Waals surface area contributed by atoms with Gasteiger partial charge in [-0.1, -0.05) is 23.7 Å². The van der Waals surface area contributed by atoms with Crippen molar-refractivity contribution in [3.63, 3.8) is 0 Å². The summed E-state index contributed by atoms with van der Waals surface area (Å²) in [4.78, 5) is 13.7. The monoisotopic (exact) mass is 239 g/mol. The molecule has 0 saturated carbocycles. The van der Waals surface area contributed by atoms with Gasteiger partial charge in [-0.05, 0) is 24.6 Å². The van der Waals surface area contributed by atoms with Crippen LogP contribution in [-0.4, -0.2) is 30.2 Å². The lowest BCUT2D eigenvalue weighted by Crippen LogP contribution is -2.35. The lowest BCUT2D eigenvalue weighted by molar-refractivity contribution is -0.134. The van der Waals surface area contributed by atoms with E-state index >= 15 is 0 Å². The van der Waals surface area contributed by atoms with Crippen LogP contribution in [0.4, 0.5) is 0 Å². The molecule has 1 aliphatic rings. The van der Waals surface area contributed by atoms with Gasteiger partial charge in [0.25, 0.3) is 0 Å². The minimum atomic E-state index is -0.105. The normalized spacial score (nSPS) is 20.1. The van der Waals surface area contributed by atoms with Crippen LogP contribution in [0.3, 0.4) is 0 Å². The van der Waals surface area contributed by atoms with E-state index in [0.717, 1.165) is 5.56 Å². The van der Waals surface area contributed by atoms with Crippen molar-refractivity contribution in [1.29, 1.82) is 0 Å². The minimum absolute atomic E-state index is 0.0901. The Morgan fingerprint density at radius 3 is 3.06 bits per heavy atom. The molecule has 16 heavy (non-hydrogen) atoms. The number of halogens is 1. The number of rotatable bonds is 2. The van der Waals surface area contributed by atoms with Crippen LogP contribution in [0.25, 0.3) is 0 Å². The summed E-state index contributed by atoms with van der Waals surface area (Å²) in [6.45, 7) is 3.20. The third kappa shape index (κ3) is 2.54. The summed E-state index contributed by atoms with van der Waals surface area (Å²) in [6, 6.07) is 7.39. The zero-order valence-electron chi connectivity index (χ0n) is 9.15. The topological polar surface area (TPSA) is 29.5 Å². The molecule has 86 valence electrons. The molecule has 1 unspecified atom stereocenters. The maximum Gasteiger partial charge on any atom is 0.229 e. The fraction of sp³-hybridized carbons (Fsp3) is 0.417. The average molecular weight is 240 g/mol. The summed E-state index contributed by atoms with van der Waals surface area (Å²) < 4.78 is 5.33. The van der Waals surface area contributed by atoms with E-state index in [1.54, 1.807) is 11.0 Å². The van der Waals surface area contributed by atoms with E-state index in [1.807, 2.05) is 25.1 Å². The highest BCUT2D eigenvalue weighted by Crippen LogP contribution is 2.15. The minimum Gasteiger partial charge on any atom is -0.357 e. The fourth-order valence-corrected chi connectivity index (χ4v) is 2.06. The van der Waals surface area contributed by atoms with Gasteiger partial charge >= 0.3 is 0 Å². The second kappa shape index (κ2) is 4.85. The number of carbonyl (C=O) groups excluding carboxylic acids is 1. The van der Waals surface area contributed by atoms with E-state index < -0.39 is 0 Å². The molecule has 0 radical (unpaired) electrons. The van der Waals surface area contributed by atoms with Crippen molar-refractivity contribution in [2.24, 2.45) is 0 Å². The first kappa shape index (κ1) is 11.4. The van der Waals surface area contributed by atoms with Gasteiger partial charge in [-0.15, -0.1) is 0 Å². The molecule has 1 heterocycles. The molecular weight excluding hydrogens is 226 g/mol. The molecule has 1 atom stereocenters. The summed E-state index contributed by atoms with van der Waals surface area (Å²) >= 11 is 5.87. The summed E-state index contributed by atoms with van der Waals surface area (Å²) in [5, 5.41) is 0.663. The van der Waals surface area contributed by atoms with Crippen LogP contribution < -0.4 is 0 Å². The zero-order valence-corrected chi connectivity index (χ0v) is 9.91. The van der Waals surface area contributed by atoms with E-state index in [-0.39, 0.29) is 12.1 Å². The molecule has 4 heteroatoms. The van der Waals surface area contributed by atoms with Gasteiger partial charge in [0.15, 0.2) is 0 Å². The van der Waals surface area contributed by atoms with Crippen LogP contribution in [0.15, 0.2) is 24.3 Å². The predicted octanol–water partition coefficient (Wildman–Crippen LogP) is 2.09. The Morgan fingerprint density at radius 1 is 1.62 bits per heavy atom. The first-order chi connectivity index (χ1) is 7.66. The van der Waals surface area contributed by atoms with Crippen molar-refractivity contribution in [2.45, 2.75) is 19.6 Å². The van der Waals surface area contributed by atoms with E-state index in [4.69, 9.17) is 16.3 Å². The molecule has 1 amide bonds. The lowest BCUT2D eigenvalue weighted by atomic mass is 10.1. The molecular formula is C12H14ClNO2. The molecule has 3 nitrogen and oxygen atoms in total. The van der Waals surface area contributed by atoms with Gasteiger partial charge in [0.2, 0.25) is 5.91 Å². The lowest BCUT2D eigenvalue weighted by Gasteiger charge is -2.19. The number of hydrogen-bond acceptors (Lipinski definition) is 2. The number of hydrogen-bond donors (Lipinski definition) is 0. The fourth-order valence-electron chi connectivity index (χ4n) is 1.84. The summed E-state index contributed by atoms with van der Waals surface area (Å²) in [7, 11) is 0. The van der Waals surface area contributed by atoms with Crippen LogP contribution in [-0.2, 0) is 16.0 Å². The second-order valence-corrected chi connectivity index (χ2v) is 4.30. The van der Waals surface area contributed by atoms with Crippen LogP contribution >= 0.6 is 11.6 Å². The quantitative estimate of drug-likeness (QED) is 0.791. The van der Waals surface area contributed by atoms with Gasteiger partial charge in [-0.25, -0.2) is 0 Å². The van der Waals surface area contributed by atoms with E-state index in [0.29, 0.717) is 24.6 Å². The Labute approximate surface area is 100.0 Å². The molecule has 1 aliphatic heterocycles. The van der Waals surface area contributed by atoms with Gasteiger partial charge in [-0.3, -0.25) is 4.79 Å². The van der Waals surface area contributed by atoms with Crippen LogP contribution in [0, 0.1) is 0 Å². The average Bonchev–Trinajstić information content (AvgIpc) is 2.64. The van der Waals surface area contributed by atoms with Crippen molar-refractivity contribution < 1.29 is 9.53 Å². The molecule has 2 rings (SSSR count). The Kier molecular flexibility index (Phi) is 3.46. The molecule has 0 bridgehead atoms. The van der Waals surface area contributed by atoms with Crippen molar-refractivity contribution in [1.82, 2.24) is 4.90 Å². The predicted molar refractivity (Wildman–Crippen MR) is 62.3 cm³/mol. The third-order valence-corrected chi connectivity index (χ3v) is 2.93. The first-order valence-corrected chi connectivity index (χ1v) is 5.70. The molecule has 1 aromatic carbocycles. The number of ether oxygens (including phenoxy) is 1. The van der Waals surface area contributed by atoms with Gasteiger partial charge in [-0.2, -0.15) is 0 Å². The maximum atomic E-state index is 11.9. The van der Waals surface area contributed by atoms with Crippen LogP contribution in [0.5, 0.6) is 0 Å². The first-order valence-electron chi connectivity index (χ1n) is 5.32. The zero-order chi connectivity index (χ0) is 11.5. The van der Waals surface area contributed by atoms with Crippen LogP contribution in [0.2, 0.25) is 5.02 Å². The molecule has 0 aliphatic carbocycles. The largest absolute Gasteiger partial charge is 0.357 e. The number of carbonyl (C=O) groups is 1. The molecule has 0 spiro atoms. The Bertz CT molecular complexity index is 394. The smallest absolute Gasteiger partial charge is 0.229 e. The van der Waals surface area contributed by atoms with Gasteiger partial charge in [0.05, 0.1) is 13.0 Å². The Morgan fingerprint density at radius 2 is 2.44 bits per heavy atom. The van der Waals surface area contributed by atoms with Crippen molar-refractivity contribution in [3.8, 4) is 0 Å². The van der Waals surface area contributed by atoms with E-state index in [9.17, 15) is 4.79 Å². The molecule has 0 N–H and O–H groups in total. The van der Waals surface area contributed by atoms with Gasteiger partial charge in [0, 0.05) is 11.6 Å². The van der Waals surface area contributed by atoms with Crippen molar-refractivity contribution in [2.75, 3.05) is 13.2 Å². The number of benzene rings is 1. The summed E-state index contributed by atoms with van der Waals surface area (Å²) in [5.74, 6) is 0.0901. The molecule has 0 aromatic heterocycles. The molecule has 1 aromatic rings. The standard InChI is InChI=1S/C12H14ClNO2/c1-9-14(5-6-16-9)12(15)8-10-3-2-4-11(13)7-10/h2-4,7,9H,5-6,8H2,1H3. The Hall–Kier alpha value is -1.06. The Balaban J connectivity index is 2.02. The maximum absolute atomic E-state index is 11.9. The second-order valence-electron chi connectivity index (χ2n) is 3.86. The summed E-state index contributed by atoms with van der Waals surface area (Å²) in [6.07, 6.45) is 0.278. The number of amides is 1. The highest BCUT2D eigenvalue weighted by atomic mass is 35.5. The van der Waals surface area contributed by atoms with Gasteiger partial charge < -0.3 is 9.64 Å². The summed E-state index contributed by atoms with van der Waals surface area (Å²) in [5.41, 5.74) is 0.941. The van der Waals surface area contributed by atoms with Gasteiger partial charge in [0.1, 0.15) is 6.23 Å². The molecule has 1 saturated heterocycles. The van der Waals surface area contributed by atoms with E-state index in [1.165, 1.54) is 0 Å². The van der Waals surface area contributed by atoms with Crippen molar-refractivity contribution >= 4 is 17.5 Å². The number of nitrogens with zero attached hydrogens (tertiary/aromatic N) is 1. The van der Waals surface area contributed by atoms with Crippen LogP contribution in [0.1, 0.15) is 12.5 Å². The SMILES string of the molecule is CC1OCCN1C(=O)Cc1cccc(Cl)c1. The highest BCUT2D eigenvalue weighted by molar-refractivity contribution is 6.30. The third-order valence-electron chi connectivity index (χ3n) is 2.69. The highest BCUT2D eigenvalue weighted by Gasteiger charge is 2.25. The van der Waals surface area contributed by atoms with E-state index in [2.05, 4.69) is 0 Å².